The Kier molecular flexibility index (Phi) is 4.77. The molecule has 20 heavy (non-hydrogen) atoms. The van der Waals surface area contributed by atoms with Gasteiger partial charge in [0, 0.05) is 12.6 Å². The van der Waals surface area contributed by atoms with Crippen molar-refractivity contribution in [1.82, 2.24) is 9.29 Å². The van der Waals surface area contributed by atoms with Crippen LogP contribution in [0.25, 0.3) is 0 Å². The highest BCUT2D eigenvalue weighted by molar-refractivity contribution is 7.91. The van der Waals surface area contributed by atoms with Crippen molar-refractivity contribution in [2.24, 2.45) is 0 Å². The Morgan fingerprint density at radius 3 is 2.90 bits per heavy atom. The minimum absolute atomic E-state index is 0.0156. The zero-order chi connectivity index (χ0) is 14.8. The van der Waals surface area contributed by atoms with E-state index in [0.29, 0.717) is 6.54 Å². The highest BCUT2D eigenvalue weighted by Gasteiger charge is 2.35. The van der Waals surface area contributed by atoms with Gasteiger partial charge in [0.2, 0.25) is 0 Å². The molecule has 6 nitrogen and oxygen atoms in total. The number of esters is 1. The molecule has 1 aromatic heterocycles. The molecule has 0 saturated carbocycles. The third-order valence-electron chi connectivity index (χ3n) is 3.45. The number of carbonyl (C=O) groups excluding carboxylic acids is 1. The zero-order valence-electron chi connectivity index (χ0n) is 11.5. The molecule has 0 aliphatic carbocycles. The van der Waals surface area contributed by atoms with Crippen LogP contribution in [-0.2, 0) is 14.8 Å². The van der Waals surface area contributed by atoms with Gasteiger partial charge in [-0.3, -0.25) is 0 Å². The van der Waals surface area contributed by atoms with E-state index in [4.69, 9.17) is 0 Å². The molecule has 1 unspecified atom stereocenters. The first-order valence-electron chi connectivity index (χ1n) is 6.52. The molecule has 0 radical (unpaired) electrons. The number of sulfonamides is 1. The third kappa shape index (κ3) is 2.87. The van der Waals surface area contributed by atoms with Crippen LogP contribution in [0, 0.1) is 0 Å². The fraction of sp³-hybridized carbons (Fsp3) is 0.667. The molecule has 1 fully saturated rings. The van der Waals surface area contributed by atoms with Crippen LogP contribution in [0.2, 0.25) is 0 Å². The van der Waals surface area contributed by atoms with Gasteiger partial charge in [-0.15, -0.1) is 11.3 Å². The number of nitrogens with zero attached hydrogens (tertiary/aromatic N) is 2. The number of rotatable bonds is 3. The molecule has 1 aliphatic rings. The summed E-state index contributed by atoms with van der Waals surface area (Å²) in [6, 6.07) is -0.0601. The van der Waals surface area contributed by atoms with Crippen molar-refractivity contribution in [2.45, 2.75) is 42.9 Å². The normalized spacial score (nSPS) is 21.4. The first-order valence-corrected chi connectivity index (χ1v) is 8.84. The summed E-state index contributed by atoms with van der Waals surface area (Å²) in [7, 11) is -2.47. The van der Waals surface area contributed by atoms with Crippen LogP contribution in [0.1, 0.15) is 43.1 Å². The number of carbonyl (C=O) groups is 1. The highest BCUT2D eigenvalue weighted by Crippen LogP contribution is 2.29. The van der Waals surface area contributed by atoms with Gasteiger partial charge in [0.05, 0.1) is 12.6 Å². The predicted molar refractivity (Wildman–Crippen MR) is 75.3 cm³/mol. The number of methoxy groups -OCH3 is 1. The van der Waals surface area contributed by atoms with Gasteiger partial charge in [-0.25, -0.2) is 18.2 Å². The van der Waals surface area contributed by atoms with E-state index in [9.17, 15) is 13.2 Å². The van der Waals surface area contributed by atoms with Gasteiger partial charge in [-0.1, -0.05) is 12.8 Å². The van der Waals surface area contributed by atoms with E-state index in [1.165, 1.54) is 16.9 Å². The van der Waals surface area contributed by atoms with E-state index in [-0.39, 0.29) is 15.9 Å². The monoisotopic (exact) mass is 318 g/mol. The molecule has 2 rings (SSSR count). The second-order valence-electron chi connectivity index (χ2n) is 4.79. The first kappa shape index (κ1) is 15.4. The van der Waals surface area contributed by atoms with E-state index < -0.39 is 16.0 Å². The number of thiazole rings is 1. The molecule has 0 bridgehead atoms. The standard InChI is InChI=1S/C12H18N2O4S2/c1-9-6-4-3-5-7-14(9)20(16,17)12-10(11(15)18-2)13-8-19-12/h8-9H,3-7H2,1-2H3. The summed E-state index contributed by atoms with van der Waals surface area (Å²) in [6.45, 7) is 2.39. The maximum Gasteiger partial charge on any atom is 0.358 e. The molecular weight excluding hydrogens is 300 g/mol. The lowest BCUT2D eigenvalue weighted by atomic mass is 10.1. The van der Waals surface area contributed by atoms with Crippen molar-refractivity contribution in [1.29, 1.82) is 0 Å². The Hall–Kier alpha value is -0.990. The summed E-state index contributed by atoms with van der Waals surface area (Å²) in [5.74, 6) is -0.715. The van der Waals surface area contributed by atoms with Crippen molar-refractivity contribution in [3.63, 3.8) is 0 Å². The Morgan fingerprint density at radius 2 is 2.20 bits per heavy atom. The maximum absolute atomic E-state index is 12.7. The van der Waals surface area contributed by atoms with Crippen molar-refractivity contribution in [3.8, 4) is 0 Å². The largest absolute Gasteiger partial charge is 0.464 e. The molecule has 1 aliphatic heterocycles. The lowest BCUT2D eigenvalue weighted by Gasteiger charge is -2.25. The van der Waals surface area contributed by atoms with Crippen LogP contribution >= 0.6 is 11.3 Å². The number of hydrogen-bond acceptors (Lipinski definition) is 6. The topological polar surface area (TPSA) is 76.6 Å². The van der Waals surface area contributed by atoms with Gasteiger partial charge in [0.1, 0.15) is 0 Å². The van der Waals surface area contributed by atoms with Crippen molar-refractivity contribution >= 4 is 27.3 Å². The van der Waals surface area contributed by atoms with E-state index >= 15 is 0 Å². The number of ether oxygens (including phenoxy) is 1. The lowest BCUT2D eigenvalue weighted by molar-refractivity contribution is 0.0590. The second-order valence-corrected chi connectivity index (χ2v) is 7.73. The molecule has 8 heteroatoms. The molecule has 0 N–H and O–H groups in total. The fourth-order valence-electron chi connectivity index (χ4n) is 2.36. The van der Waals surface area contributed by atoms with E-state index in [0.717, 1.165) is 37.0 Å². The third-order valence-corrected chi connectivity index (χ3v) is 6.81. The van der Waals surface area contributed by atoms with E-state index in [2.05, 4.69) is 9.72 Å². The summed E-state index contributed by atoms with van der Waals surface area (Å²) in [6.07, 6.45) is 3.74. The summed E-state index contributed by atoms with van der Waals surface area (Å²) in [5.41, 5.74) is 1.25. The van der Waals surface area contributed by atoms with Gasteiger partial charge >= 0.3 is 5.97 Å². The average Bonchev–Trinajstić information content (AvgIpc) is 2.81. The van der Waals surface area contributed by atoms with Crippen LogP contribution in [-0.4, -0.2) is 43.4 Å². The molecule has 0 amide bonds. The molecule has 1 aromatic rings. The fourth-order valence-corrected chi connectivity index (χ4v) is 5.31. The number of aromatic nitrogens is 1. The molecule has 1 saturated heterocycles. The van der Waals surface area contributed by atoms with Crippen molar-refractivity contribution in [2.75, 3.05) is 13.7 Å². The van der Waals surface area contributed by atoms with Gasteiger partial charge in [0.15, 0.2) is 9.90 Å². The van der Waals surface area contributed by atoms with Gasteiger partial charge in [-0.05, 0) is 19.8 Å². The van der Waals surface area contributed by atoms with Gasteiger partial charge in [-0.2, -0.15) is 4.31 Å². The molecule has 2 heterocycles. The summed E-state index contributed by atoms with van der Waals surface area (Å²) >= 11 is 0.961. The Bertz CT molecular complexity index is 582. The quantitative estimate of drug-likeness (QED) is 0.795. The van der Waals surface area contributed by atoms with Gasteiger partial charge in [0.25, 0.3) is 10.0 Å². The van der Waals surface area contributed by atoms with Gasteiger partial charge < -0.3 is 4.74 Å². The second kappa shape index (κ2) is 6.19. The van der Waals surface area contributed by atoms with Crippen molar-refractivity contribution in [3.05, 3.63) is 11.2 Å². The van der Waals surface area contributed by atoms with Crippen LogP contribution in [0.3, 0.4) is 0 Å². The van der Waals surface area contributed by atoms with E-state index in [1.54, 1.807) is 0 Å². The molecule has 0 spiro atoms. The SMILES string of the molecule is COC(=O)c1ncsc1S(=O)(=O)N1CCCCCC1C. The molecule has 112 valence electrons. The summed E-state index contributed by atoms with van der Waals surface area (Å²) in [4.78, 5) is 15.4. The smallest absolute Gasteiger partial charge is 0.358 e. The summed E-state index contributed by atoms with van der Waals surface area (Å²) in [5, 5.41) is 0. The minimum atomic E-state index is -3.69. The zero-order valence-corrected chi connectivity index (χ0v) is 13.2. The highest BCUT2D eigenvalue weighted by atomic mass is 32.2. The Labute approximate surface area is 122 Å². The Morgan fingerprint density at radius 1 is 1.45 bits per heavy atom. The van der Waals surface area contributed by atoms with Crippen LogP contribution in [0.15, 0.2) is 9.72 Å². The minimum Gasteiger partial charge on any atom is -0.464 e. The Balaban J connectivity index is 2.39. The average molecular weight is 318 g/mol. The van der Waals surface area contributed by atoms with Crippen LogP contribution in [0.5, 0.6) is 0 Å². The van der Waals surface area contributed by atoms with Crippen LogP contribution < -0.4 is 0 Å². The predicted octanol–water partition coefficient (Wildman–Crippen LogP) is 1.88. The number of hydrogen-bond donors (Lipinski definition) is 0. The van der Waals surface area contributed by atoms with Crippen LogP contribution in [0.4, 0.5) is 0 Å². The summed E-state index contributed by atoms with van der Waals surface area (Å²) < 4.78 is 31.5. The van der Waals surface area contributed by atoms with E-state index in [1.807, 2.05) is 6.92 Å². The molecule has 1 atom stereocenters. The molecular formula is C12H18N2O4S2. The lowest BCUT2D eigenvalue weighted by Crippen LogP contribution is -2.38. The molecule has 0 aromatic carbocycles. The maximum atomic E-state index is 12.7. The first-order chi connectivity index (χ1) is 9.48. The van der Waals surface area contributed by atoms with Crippen molar-refractivity contribution < 1.29 is 17.9 Å².